The smallest absolute Gasteiger partial charge is 0.280 e. The lowest BCUT2D eigenvalue weighted by Gasteiger charge is -2.12. The number of nitrogens with one attached hydrogen (secondary N) is 1. The molecule has 1 heterocycles. The Kier molecular flexibility index (Phi) is 5.07. The Hall–Kier alpha value is -3.41. The van der Waals surface area contributed by atoms with E-state index in [0.29, 0.717) is 11.4 Å². The average molecular weight is 363 g/mol. The van der Waals surface area contributed by atoms with Crippen molar-refractivity contribution in [2.24, 2.45) is 0 Å². The van der Waals surface area contributed by atoms with Gasteiger partial charge in [-0.15, -0.1) is 0 Å². The van der Waals surface area contributed by atoms with Crippen molar-refractivity contribution in [2.45, 2.75) is 20.8 Å². The average Bonchev–Trinajstić information content (AvgIpc) is 2.65. The molecule has 0 unspecified atom stereocenters. The van der Waals surface area contributed by atoms with Gasteiger partial charge in [0, 0.05) is 5.69 Å². The molecule has 3 aromatic rings. The second kappa shape index (κ2) is 7.45. The van der Waals surface area contributed by atoms with E-state index in [9.17, 15) is 9.59 Å². The van der Waals surface area contributed by atoms with Crippen LogP contribution in [0.25, 0.3) is 5.69 Å². The maximum absolute atomic E-state index is 12.8. The zero-order valence-corrected chi connectivity index (χ0v) is 15.7. The Morgan fingerprint density at radius 3 is 2.33 bits per heavy atom. The van der Waals surface area contributed by atoms with Crippen molar-refractivity contribution in [3.8, 4) is 11.4 Å². The fourth-order valence-electron chi connectivity index (χ4n) is 2.63. The topological polar surface area (TPSA) is 73.2 Å². The zero-order chi connectivity index (χ0) is 19.6. The third-order valence-electron chi connectivity index (χ3n) is 4.38. The van der Waals surface area contributed by atoms with Crippen LogP contribution in [-0.2, 0) is 0 Å². The zero-order valence-electron chi connectivity index (χ0n) is 15.7. The highest BCUT2D eigenvalue weighted by Crippen LogP contribution is 2.19. The van der Waals surface area contributed by atoms with Crippen LogP contribution in [0.4, 0.5) is 5.69 Å². The van der Waals surface area contributed by atoms with E-state index in [2.05, 4.69) is 10.4 Å². The first-order valence-electron chi connectivity index (χ1n) is 8.53. The van der Waals surface area contributed by atoms with Crippen LogP contribution >= 0.6 is 0 Å². The molecule has 6 heteroatoms. The number of nitrogens with zero attached hydrogens (tertiary/aromatic N) is 2. The van der Waals surface area contributed by atoms with Crippen molar-refractivity contribution in [2.75, 3.05) is 12.4 Å². The predicted octanol–water partition coefficient (Wildman–Crippen LogP) is 3.42. The second-order valence-corrected chi connectivity index (χ2v) is 6.40. The summed E-state index contributed by atoms with van der Waals surface area (Å²) >= 11 is 0. The third kappa shape index (κ3) is 3.89. The van der Waals surface area contributed by atoms with Crippen LogP contribution in [0.5, 0.6) is 5.75 Å². The quantitative estimate of drug-likeness (QED) is 0.771. The van der Waals surface area contributed by atoms with Gasteiger partial charge in [0.05, 0.1) is 18.9 Å². The number of carbonyl (C=O) groups is 1. The number of anilines is 1. The van der Waals surface area contributed by atoms with E-state index in [1.165, 1.54) is 17.9 Å². The van der Waals surface area contributed by atoms with E-state index in [4.69, 9.17) is 4.74 Å². The minimum Gasteiger partial charge on any atom is -0.494 e. The maximum atomic E-state index is 12.8. The number of methoxy groups -OCH3 is 1. The van der Waals surface area contributed by atoms with Crippen LogP contribution in [-0.4, -0.2) is 22.8 Å². The first kappa shape index (κ1) is 18.4. The first-order valence-corrected chi connectivity index (χ1v) is 8.53. The fraction of sp³-hybridized carbons (Fsp3) is 0.190. The number of carbonyl (C=O) groups excluding carboxylic acids is 1. The Labute approximate surface area is 157 Å². The molecule has 1 amide bonds. The van der Waals surface area contributed by atoms with Gasteiger partial charge in [-0.25, -0.2) is 0 Å². The number of benzene rings is 2. The van der Waals surface area contributed by atoms with Crippen LogP contribution in [0.15, 0.2) is 53.3 Å². The molecule has 138 valence electrons. The molecule has 0 aliphatic heterocycles. The van der Waals surface area contributed by atoms with Gasteiger partial charge in [0.1, 0.15) is 0 Å². The van der Waals surface area contributed by atoms with Crippen LogP contribution in [0.1, 0.15) is 27.2 Å². The molecule has 6 nitrogen and oxygen atoms in total. The van der Waals surface area contributed by atoms with Crippen molar-refractivity contribution in [3.63, 3.8) is 0 Å². The molecule has 0 spiro atoms. The summed E-state index contributed by atoms with van der Waals surface area (Å²) in [6.07, 6.45) is 0. The van der Waals surface area contributed by atoms with Gasteiger partial charge < -0.3 is 10.1 Å². The molecule has 0 saturated carbocycles. The van der Waals surface area contributed by atoms with Gasteiger partial charge in [0.2, 0.25) is 0 Å². The van der Waals surface area contributed by atoms with Gasteiger partial charge in [-0.2, -0.15) is 9.78 Å². The van der Waals surface area contributed by atoms with E-state index in [1.807, 2.05) is 51.1 Å². The van der Waals surface area contributed by atoms with E-state index >= 15 is 0 Å². The molecular weight excluding hydrogens is 342 g/mol. The Balaban J connectivity index is 2.01. The molecular formula is C21H21N3O3. The summed E-state index contributed by atoms with van der Waals surface area (Å²) in [5.41, 5.74) is 4.16. The minimum atomic E-state index is -0.448. The van der Waals surface area contributed by atoms with Crippen molar-refractivity contribution in [1.29, 1.82) is 0 Å². The molecule has 0 saturated heterocycles. The van der Waals surface area contributed by atoms with Gasteiger partial charge in [-0.05, 0) is 56.2 Å². The van der Waals surface area contributed by atoms with Crippen LogP contribution < -0.4 is 15.6 Å². The highest BCUT2D eigenvalue weighted by molar-refractivity contribution is 6.04. The Morgan fingerprint density at radius 2 is 1.70 bits per heavy atom. The molecule has 0 bridgehead atoms. The lowest BCUT2D eigenvalue weighted by Crippen LogP contribution is -2.26. The fourth-order valence-corrected chi connectivity index (χ4v) is 2.63. The number of hydrogen-bond donors (Lipinski definition) is 1. The molecule has 0 fully saturated rings. The van der Waals surface area contributed by atoms with Crippen LogP contribution in [0.3, 0.4) is 0 Å². The molecule has 0 aliphatic rings. The van der Waals surface area contributed by atoms with E-state index in [1.54, 1.807) is 12.1 Å². The summed E-state index contributed by atoms with van der Waals surface area (Å²) in [5.74, 6) is -0.319. The minimum absolute atomic E-state index is 0.0379. The number of ether oxygens (including phenoxy) is 1. The Bertz CT molecular complexity index is 1050. The highest BCUT2D eigenvalue weighted by Gasteiger charge is 2.18. The molecule has 0 atom stereocenters. The van der Waals surface area contributed by atoms with E-state index in [-0.39, 0.29) is 17.0 Å². The first-order chi connectivity index (χ1) is 12.9. The van der Waals surface area contributed by atoms with E-state index < -0.39 is 5.91 Å². The third-order valence-corrected chi connectivity index (χ3v) is 4.38. The monoisotopic (exact) mass is 363 g/mol. The summed E-state index contributed by atoms with van der Waals surface area (Å²) in [6, 6.07) is 14.2. The molecule has 0 aliphatic carbocycles. The summed E-state index contributed by atoms with van der Waals surface area (Å²) in [6.45, 7) is 5.93. The molecule has 3 rings (SSSR count). The van der Waals surface area contributed by atoms with Gasteiger partial charge in [0.25, 0.3) is 11.5 Å². The number of amides is 1. The number of rotatable bonds is 4. The van der Waals surface area contributed by atoms with Gasteiger partial charge in [-0.1, -0.05) is 23.8 Å². The normalized spacial score (nSPS) is 10.5. The number of aromatic nitrogens is 2. The van der Waals surface area contributed by atoms with E-state index in [0.717, 1.165) is 16.7 Å². The molecule has 27 heavy (non-hydrogen) atoms. The van der Waals surface area contributed by atoms with Gasteiger partial charge >= 0.3 is 0 Å². The van der Waals surface area contributed by atoms with Gasteiger partial charge in [-0.3, -0.25) is 9.59 Å². The number of aryl methyl sites for hydroxylation is 3. The summed E-state index contributed by atoms with van der Waals surface area (Å²) in [5, 5.41) is 7.06. The number of hydrogen-bond acceptors (Lipinski definition) is 4. The van der Waals surface area contributed by atoms with Crippen molar-refractivity contribution in [3.05, 3.63) is 81.3 Å². The largest absolute Gasteiger partial charge is 0.494 e. The lowest BCUT2D eigenvalue weighted by atomic mass is 10.1. The van der Waals surface area contributed by atoms with Gasteiger partial charge in [0.15, 0.2) is 11.4 Å². The molecule has 1 aromatic heterocycles. The standard InChI is InChI=1S/C21H21N3O3/c1-13-5-9-17(10-6-13)24-19(25)12-18(27-4)20(23-24)21(26)22-16-8-7-14(2)15(3)11-16/h5-12H,1-4H3,(H,22,26). The molecule has 0 radical (unpaired) electrons. The molecule has 2 aromatic carbocycles. The SMILES string of the molecule is COc1cc(=O)n(-c2ccc(C)cc2)nc1C(=O)Nc1ccc(C)c(C)c1. The predicted molar refractivity (Wildman–Crippen MR) is 105 cm³/mol. The van der Waals surface area contributed by atoms with Crippen LogP contribution in [0.2, 0.25) is 0 Å². The second-order valence-electron chi connectivity index (χ2n) is 6.40. The summed E-state index contributed by atoms with van der Waals surface area (Å²) in [4.78, 5) is 25.2. The Morgan fingerprint density at radius 1 is 1.00 bits per heavy atom. The van der Waals surface area contributed by atoms with Crippen molar-refractivity contribution >= 4 is 11.6 Å². The molecule has 1 N–H and O–H groups in total. The maximum Gasteiger partial charge on any atom is 0.280 e. The summed E-state index contributed by atoms with van der Waals surface area (Å²) in [7, 11) is 1.40. The lowest BCUT2D eigenvalue weighted by molar-refractivity contribution is 0.101. The summed E-state index contributed by atoms with van der Waals surface area (Å²) < 4.78 is 6.39. The van der Waals surface area contributed by atoms with Crippen molar-refractivity contribution < 1.29 is 9.53 Å². The highest BCUT2D eigenvalue weighted by atomic mass is 16.5. The van der Waals surface area contributed by atoms with Crippen molar-refractivity contribution in [1.82, 2.24) is 9.78 Å². The van der Waals surface area contributed by atoms with Crippen LogP contribution in [0, 0.1) is 20.8 Å².